The minimum absolute atomic E-state index is 0.130. The zero-order valence-corrected chi connectivity index (χ0v) is 14.7. The predicted molar refractivity (Wildman–Crippen MR) is 91.2 cm³/mol. The van der Waals surface area contributed by atoms with Gasteiger partial charge in [0.25, 0.3) is 0 Å². The van der Waals surface area contributed by atoms with Gasteiger partial charge in [-0.1, -0.05) is 65.2 Å². The van der Waals surface area contributed by atoms with Gasteiger partial charge in [-0.2, -0.15) is 0 Å². The zero-order chi connectivity index (χ0) is 16.3. The summed E-state index contributed by atoms with van der Waals surface area (Å²) in [7, 11) is 0. The lowest BCUT2D eigenvalue weighted by Crippen LogP contribution is -2.46. The van der Waals surface area contributed by atoms with Crippen LogP contribution in [-0.4, -0.2) is 22.8 Å². The number of ether oxygens (including phenoxy) is 1. The van der Waals surface area contributed by atoms with Gasteiger partial charge in [0, 0.05) is 0 Å². The van der Waals surface area contributed by atoms with Crippen LogP contribution in [0.4, 0.5) is 0 Å². The smallest absolute Gasteiger partial charge is 0.335 e. The van der Waals surface area contributed by atoms with Gasteiger partial charge in [0.05, 0.1) is 6.10 Å². The summed E-state index contributed by atoms with van der Waals surface area (Å²) in [6.45, 7) is 4.40. The van der Waals surface area contributed by atoms with Crippen molar-refractivity contribution in [3.63, 3.8) is 0 Å². The van der Waals surface area contributed by atoms with Crippen LogP contribution in [0, 0.1) is 0 Å². The molecule has 1 saturated carbocycles. The maximum atomic E-state index is 11.7. The lowest BCUT2D eigenvalue weighted by Gasteiger charge is -2.36. The number of hydrogen-bond donors (Lipinski definition) is 1. The Labute approximate surface area is 136 Å². The van der Waals surface area contributed by atoms with Crippen molar-refractivity contribution in [1.82, 2.24) is 0 Å². The molecule has 3 heteroatoms. The SMILES string of the molecule is CCCCCCCCC(CCC)OC1(C(=O)O)CCCCC1. The summed E-state index contributed by atoms with van der Waals surface area (Å²) >= 11 is 0. The first-order valence-electron chi connectivity index (χ1n) is 9.56. The van der Waals surface area contributed by atoms with E-state index in [9.17, 15) is 9.90 Å². The maximum absolute atomic E-state index is 11.7. The van der Waals surface area contributed by atoms with Crippen LogP contribution in [0.5, 0.6) is 0 Å². The molecular formula is C19H36O3. The summed E-state index contributed by atoms with van der Waals surface area (Å²) in [5.74, 6) is -0.740. The highest BCUT2D eigenvalue weighted by atomic mass is 16.5. The van der Waals surface area contributed by atoms with Crippen molar-refractivity contribution < 1.29 is 14.6 Å². The molecule has 0 aromatic carbocycles. The quantitative estimate of drug-likeness (QED) is 0.469. The molecule has 3 nitrogen and oxygen atoms in total. The molecule has 0 spiro atoms. The fourth-order valence-corrected chi connectivity index (χ4v) is 3.56. The third-order valence-electron chi connectivity index (χ3n) is 4.93. The van der Waals surface area contributed by atoms with Gasteiger partial charge in [-0.05, 0) is 38.5 Å². The van der Waals surface area contributed by atoms with Crippen molar-refractivity contribution >= 4 is 5.97 Å². The van der Waals surface area contributed by atoms with Gasteiger partial charge in [0.2, 0.25) is 0 Å². The lowest BCUT2D eigenvalue weighted by atomic mass is 9.84. The van der Waals surface area contributed by atoms with E-state index in [1.807, 2.05) is 0 Å². The maximum Gasteiger partial charge on any atom is 0.335 e. The summed E-state index contributed by atoms with van der Waals surface area (Å²) in [4.78, 5) is 11.7. The first-order chi connectivity index (χ1) is 10.6. The number of aliphatic carboxylic acids is 1. The Morgan fingerprint density at radius 2 is 1.59 bits per heavy atom. The second kappa shape index (κ2) is 11.0. The van der Waals surface area contributed by atoms with Crippen molar-refractivity contribution in [3.8, 4) is 0 Å². The van der Waals surface area contributed by atoms with E-state index < -0.39 is 11.6 Å². The monoisotopic (exact) mass is 312 g/mol. The zero-order valence-electron chi connectivity index (χ0n) is 14.7. The van der Waals surface area contributed by atoms with Crippen LogP contribution in [0.25, 0.3) is 0 Å². The van der Waals surface area contributed by atoms with Gasteiger partial charge in [-0.3, -0.25) is 0 Å². The van der Waals surface area contributed by atoms with Gasteiger partial charge in [-0.25, -0.2) is 4.79 Å². The van der Waals surface area contributed by atoms with E-state index in [4.69, 9.17) is 4.74 Å². The Balaban J connectivity index is 2.42. The van der Waals surface area contributed by atoms with Crippen LogP contribution in [0.3, 0.4) is 0 Å². The highest BCUT2D eigenvalue weighted by Crippen LogP contribution is 2.34. The Hall–Kier alpha value is -0.570. The van der Waals surface area contributed by atoms with E-state index in [0.717, 1.165) is 38.5 Å². The Morgan fingerprint density at radius 1 is 0.955 bits per heavy atom. The summed E-state index contributed by atoms with van der Waals surface area (Å²) < 4.78 is 6.21. The molecule has 0 heterocycles. The van der Waals surface area contributed by atoms with Crippen LogP contribution in [-0.2, 0) is 9.53 Å². The van der Waals surface area contributed by atoms with Crippen LogP contribution in [0.15, 0.2) is 0 Å². The molecule has 0 amide bonds. The summed E-state index contributed by atoms with van der Waals surface area (Å²) in [6, 6.07) is 0. The molecule has 0 aromatic rings. The summed E-state index contributed by atoms with van der Waals surface area (Å²) in [5, 5.41) is 9.65. The largest absolute Gasteiger partial charge is 0.479 e. The molecule has 0 aromatic heterocycles. The van der Waals surface area contributed by atoms with Crippen molar-refractivity contribution in [2.45, 2.75) is 115 Å². The highest BCUT2D eigenvalue weighted by Gasteiger charge is 2.42. The Kier molecular flexibility index (Phi) is 9.77. The molecule has 22 heavy (non-hydrogen) atoms. The molecule has 130 valence electrons. The number of rotatable bonds is 12. The first-order valence-corrected chi connectivity index (χ1v) is 9.56. The molecule has 1 rings (SSSR count). The number of carboxylic acid groups (broad SMARTS) is 1. The van der Waals surface area contributed by atoms with Gasteiger partial charge in [0.15, 0.2) is 5.60 Å². The molecular weight excluding hydrogens is 276 g/mol. The molecule has 0 radical (unpaired) electrons. The third-order valence-corrected chi connectivity index (χ3v) is 4.93. The molecule has 1 N–H and O–H groups in total. The minimum atomic E-state index is -0.889. The summed E-state index contributed by atoms with van der Waals surface area (Å²) in [5.41, 5.74) is -0.889. The van der Waals surface area contributed by atoms with E-state index in [1.165, 1.54) is 38.5 Å². The van der Waals surface area contributed by atoms with Crippen LogP contribution in [0.2, 0.25) is 0 Å². The second-order valence-corrected chi connectivity index (χ2v) is 6.95. The third kappa shape index (κ3) is 6.68. The predicted octanol–water partition coefficient (Wildman–Crippen LogP) is 5.71. The van der Waals surface area contributed by atoms with E-state index in [1.54, 1.807) is 0 Å². The van der Waals surface area contributed by atoms with E-state index in [-0.39, 0.29) is 6.10 Å². The van der Waals surface area contributed by atoms with E-state index in [2.05, 4.69) is 13.8 Å². The Bertz CT molecular complexity index is 295. The number of hydrogen-bond acceptors (Lipinski definition) is 2. The molecule has 0 aliphatic heterocycles. The van der Waals surface area contributed by atoms with Crippen LogP contribution in [0.1, 0.15) is 104 Å². The van der Waals surface area contributed by atoms with Crippen molar-refractivity contribution in [2.75, 3.05) is 0 Å². The van der Waals surface area contributed by atoms with E-state index >= 15 is 0 Å². The topological polar surface area (TPSA) is 46.5 Å². The van der Waals surface area contributed by atoms with Crippen molar-refractivity contribution in [2.24, 2.45) is 0 Å². The average Bonchev–Trinajstić information content (AvgIpc) is 2.51. The van der Waals surface area contributed by atoms with Gasteiger partial charge >= 0.3 is 5.97 Å². The standard InChI is InChI=1S/C19H36O3/c1-3-5-6-7-8-10-14-17(13-4-2)22-19(18(20)21)15-11-9-12-16-19/h17H,3-16H2,1-2H3,(H,20,21). The number of unbranched alkanes of at least 4 members (excludes halogenated alkanes) is 5. The normalized spacial score (nSPS) is 19.0. The molecule has 0 bridgehead atoms. The van der Waals surface area contributed by atoms with Crippen molar-refractivity contribution in [3.05, 3.63) is 0 Å². The molecule has 1 unspecified atom stereocenters. The second-order valence-electron chi connectivity index (χ2n) is 6.95. The first kappa shape index (κ1) is 19.5. The average molecular weight is 312 g/mol. The highest BCUT2D eigenvalue weighted by molar-refractivity contribution is 5.77. The minimum Gasteiger partial charge on any atom is -0.479 e. The number of carbonyl (C=O) groups is 1. The van der Waals surface area contributed by atoms with Crippen molar-refractivity contribution in [1.29, 1.82) is 0 Å². The Morgan fingerprint density at radius 3 is 2.18 bits per heavy atom. The fourth-order valence-electron chi connectivity index (χ4n) is 3.56. The molecule has 1 aliphatic rings. The molecule has 1 aliphatic carbocycles. The van der Waals surface area contributed by atoms with Crippen LogP contribution >= 0.6 is 0 Å². The van der Waals surface area contributed by atoms with Crippen LogP contribution < -0.4 is 0 Å². The molecule has 0 saturated heterocycles. The lowest BCUT2D eigenvalue weighted by molar-refractivity contribution is -0.181. The fraction of sp³-hybridized carbons (Fsp3) is 0.947. The summed E-state index contributed by atoms with van der Waals surface area (Å²) in [6.07, 6.45) is 15.4. The van der Waals surface area contributed by atoms with E-state index in [0.29, 0.717) is 12.8 Å². The van der Waals surface area contributed by atoms with Gasteiger partial charge < -0.3 is 9.84 Å². The van der Waals surface area contributed by atoms with Gasteiger partial charge in [0.1, 0.15) is 0 Å². The molecule has 1 atom stereocenters. The van der Waals surface area contributed by atoms with Gasteiger partial charge in [-0.15, -0.1) is 0 Å². The number of carboxylic acids is 1. The molecule has 1 fully saturated rings.